The second-order valence-corrected chi connectivity index (χ2v) is 6.17. The molecule has 1 aliphatic heterocycles. The first-order chi connectivity index (χ1) is 11.3. The monoisotopic (exact) mass is 341 g/mol. The highest BCUT2D eigenvalue weighted by molar-refractivity contribution is 5.66. The van der Waals surface area contributed by atoms with E-state index in [2.05, 4.69) is 4.90 Å². The van der Waals surface area contributed by atoms with E-state index in [9.17, 15) is 14.5 Å². The normalized spacial score (nSPS) is 21.5. The molecule has 1 saturated heterocycles. The van der Waals surface area contributed by atoms with Crippen LogP contribution in [0.3, 0.4) is 0 Å². The molecule has 1 aliphatic rings. The molecule has 24 heavy (non-hydrogen) atoms. The third kappa shape index (κ3) is 4.33. The molecule has 1 aromatic rings. The Bertz CT molecular complexity index is 589. The average Bonchev–Trinajstić information content (AvgIpc) is 2.51. The minimum Gasteiger partial charge on any atom is -0.494 e. The zero-order valence-corrected chi connectivity index (χ0v) is 14.5. The van der Waals surface area contributed by atoms with Crippen LogP contribution in [-0.2, 0) is 4.74 Å². The van der Waals surface area contributed by atoms with Gasteiger partial charge in [0.25, 0.3) is 5.69 Å². The van der Waals surface area contributed by atoms with Gasteiger partial charge in [-0.3, -0.25) is 15.0 Å². The van der Waals surface area contributed by atoms with Crippen LogP contribution >= 0.6 is 0 Å². The maximum absolute atomic E-state index is 13.7. The predicted molar refractivity (Wildman–Crippen MR) is 89.3 cm³/mol. The summed E-state index contributed by atoms with van der Waals surface area (Å²) in [5, 5.41) is 11.2. The molecular formula is C16H24FN3O4. The summed E-state index contributed by atoms with van der Waals surface area (Å²) in [5.74, 6) is -0.742. The van der Waals surface area contributed by atoms with E-state index in [1.54, 1.807) is 11.9 Å². The van der Waals surface area contributed by atoms with Gasteiger partial charge in [0, 0.05) is 39.3 Å². The minimum absolute atomic E-state index is 0.00364. The Morgan fingerprint density at radius 2 is 2.04 bits per heavy atom. The second kappa shape index (κ2) is 7.76. The molecule has 2 rings (SSSR count). The van der Waals surface area contributed by atoms with Crippen molar-refractivity contribution in [1.82, 2.24) is 4.90 Å². The van der Waals surface area contributed by atoms with E-state index < -0.39 is 10.7 Å². The van der Waals surface area contributed by atoms with Crippen LogP contribution < -0.4 is 9.64 Å². The molecule has 8 heteroatoms. The van der Waals surface area contributed by atoms with Crippen LogP contribution in [0.1, 0.15) is 13.8 Å². The molecule has 0 spiro atoms. The van der Waals surface area contributed by atoms with Crippen molar-refractivity contribution in [1.29, 1.82) is 0 Å². The highest BCUT2D eigenvalue weighted by Gasteiger charge is 2.24. The Hall–Kier alpha value is -1.93. The third-order valence-corrected chi connectivity index (χ3v) is 4.10. The van der Waals surface area contributed by atoms with E-state index in [1.807, 2.05) is 13.8 Å². The number of hydrogen-bond acceptors (Lipinski definition) is 6. The number of rotatable bonds is 6. The summed E-state index contributed by atoms with van der Waals surface area (Å²) >= 11 is 0. The van der Waals surface area contributed by atoms with Crippen molar-refractivity contribution < 1.29 is 18.8 Å². The van der Waals surface area contributed by atoms with Crippen LogP contribution in [-0.4, -0.2) is 62.4 Å². The third-order valence-electron chi connectivity index (χ3n) is 4.10. The number of nitrogens with zero attached hydrogens (tertiary/aromatic N) is 3. The fourth-order valence-electron chi connectivity index (χ4n) is 3.02. The van der Waals surface area contributed by atoms with Gasteiger partial charge < -0.3 is 14.4 Å². The van der Waals surface area contributed by atoms with E-state index in [1.165, 1.54) is 13.2 Å². The maximum atomic E-state index is 13.7. The zero-order chi connectivity index (χ0) is 17.9. The zero-order valence-electron chi connectivity index (χ0n) is 14.5. The number of methoxy groups -OCH3 is 1. The van der Waals surface area contributed by atoms with Gasteiger partial charge in [0.2, 0.25) is 0 Å². The van der Waals surface area contributed by atoms with Gasteiger partial charge in [0.05, 0.1) is 30.3 Å². The standard InChI is InChI=1S/C16H24FN3O4/c1-11-9-19(10-12(2)24-11)6-5-18(3)14-8-16(23-4)13(17)7-15(14)20(21)22/h7-8,11-12H,5-6,9-10H2,1-4H3/t11-,12+. The summed E-state index contributed by atoms with van der Waals surface area (Å²) in [6.45, 7) is 7.03. The van der Waals surface area contributed by atoms with Crippen molar-refractivity contribution in [2.24, 2.45) is 0 Å². The minimum atomic E-state index is -0.739. The first kappa shape index (κ1) is 18.4. The number of benzene rings is 1. The van der Waals surface area contributed by atoms with Crippen LogP contribution in [0.2, 0.25) is 0 Å². The number of morpholine rings is 1. The molecule has 0 saturated carbocycles. The summed E-state index contributed by atoms with van der Waals surface area (Å²) < 4.78 is 24.4. The first-order valence-electron chi connectivity index (χ1n) is 7.92. The lowest BCUT2D eigenvalue weighted by molar-refractivity contribution is -0.384. The number of ether oxygens (including phenoxy) is 2. The first-order valence-corrected chi connectivity index (χ1v) is 7.92. The SMILES string of the molecule is COc1cc(N(C)CCN2C[C@@H](C)O[C@@H](C)C2)c([N+](=O)[O-])cc1F. The molecule has 0 radical (unpaired) electrons. The Morgan fingerprint density at radius 1 is 1.42 bits per heavy atom. The van der Waals surface area contributed by atoms with E-state index in [-0.39, 0.29) is 23.6 Å². The molecule has 134 valence electrons. The number of likely N-dealkylation sites (N-methyl/N-ethyl adjacent to an activating group) is 1. The summed E-state index contributed by atoms with van der Waals surface area (Å²) in [5.41, 5.74) is 0.0760. The quantitative estimate of drug-likeness (QED) is 0.584. The molecule has 7 nitrogen and oxygen atoms in total. The van der Waals surface area contributed by atoms with Gasteiger partial charge in [-0.25, -0.2) is 4.39 Å². The molecule has 0 aromatic heterocycles. The molecule has 0 N–H and O–H groups in total. The Labute approximate surface area is 141 Å². The molecule has 2 atom stereocenters. The molecule has 0 unspecified atom stereocenters. The highest BCUT2D eigenvalue weighted by Crippen LogP contribution is 2.33. The van der Waals surface area contributed by atoms with Crippen LogP contribution in [0.4, 0.5) is 15.8 Å². The Balaban J connectivity index is 2.11. The molecule has 1 fully saturated rings. The number of nitro benzene ring substituents is 1. The molecule has 0 bridgehead atoms. The van der Waals surface area contributed by atoms with Gasteiger partial charge >= 0.3 is 0 Å². The van der Waals surface area contributed by atoms with E-state index >= 15 is 0 Å². The van der Waals surface area contributed by atoms with Crippen molar-refractivity contribution in [2.75, 3.05) is 45.2 Å². The van der Waals surface area contributed by atoms with Crippen LogP contribution in [0.25, 0.3) is 0 Å². The van der Waals surface area contributed by atoms with E-state index in [0.29, 0.717) is 12.2 Å². The lowest BCUT2D eigenvalue weighted by atomic mass is 10.2. The fourth-order valence-corrected chi connectivity index (χ4v) is 3.02. The topological polar surface area (TPSA) is 68.1 Å². The van der Waals surface area contributed by atoms with Gasteiger partial charge in [-0.2, -0.15) is 0 Å². The number of nitro groups is 1. The predicted octanol–water partition coefficient (Wildman–Crippen LogP) is 2.29. The van der Waals surface area contributed by atoms with Gasteiger partial charge in [-0.15, -0.1) is 0 Å². The van der Waals surface area contributed by atoms with Crippen molar-refractivity contribution in [2.45, 2.75) is 26.1 Å². The van der Waals surface area contributed by atoms with Crippen LogP contribution in [0, 0.1) is 15.9 Å². The Kier molecular flexibility index (Phi) is 5.95. The van der Waals surface area contributed by atoms with Crippen LogP contribution in [0.5, 0.6) is 5.75 Å². The van der Waals surface area contributed by atoms with Crippen molar-refractivity contribution in [3.8, 4) is 5.75 Å². The number of hydrogen-bond donors (Lipinski definition) is 0. The maximum Gasteiger partial charge on any atom is 0.295 e. The second-order valence-electron chi connectivity index (χ2n) is 6.17. The molecular weight excluding hydrogens is 317 g/mol. The molecule has 1 aromatic carbocycles. The van der Waals surface area contributed by atoms with Crippen molar-refractivity contribution in [3.63, 3.8) is 0 Å². The summed E-state index contributed by atoms with van der Waals surface area (Å²) in [7, 11) is 3.09. The van der Waals surface area contributed by atoms with Gasteiger partial charge in [-0.05, 0) is 13.8 Å². The Morgan fingerprint density at radius 3 is 2.58 bits per heavy atom. The van der Waals surface area contributed by atoms with Crippen molar-refractivity contribution >= 4 is 11.4 Å². The van der Waals surface area contributed by atoms with Gasteiger partial charge in [-0.1, -0.05) is 0 Å². The molecule has 1 heterocycles. The summed E-state index contributed by atoms with van der Waals surface area (Å²) in [6.07, 6.45) is 0.332. The number of halogens is 1. The summed E-state index contributed by atoms with van der Waals surface area (Å²) in [6, 6.07) is 2.28. The van der Waals surface area contributed by atoms with Crippen molar-refractivity contribution in [3.05, 3.63) is 28.1 Å². The smallest absolute Gasteiger partial charge is 0.295 e. The molecule has 0 amide bonds. The lowest BCUT2D eigenvalue weighted by Crippen LogP contribution is -2.47. The highest BCUT2D eigenvalue weighted by atomic mass is 19.1. The average molecular weight is 341 g/mol. The largest absolute Gasteiger partial charge is 0.494 e. The van der Waals surface area contributed by atoms with Crippen LogP contribution in [0.15, 0.2) is 12.1 Å². The number of anilines is 1. The summed E-state index contributed by atoms with van der Waals surface area (Å²) in [4.78, 5) is 14.7. The van der Waals surface area contributed by atoms with Gasteiger partial charge in [0.1, 0.15) is 5.69 Å². The molecule has 0 aliphatic carbocycles. The lowest BCUT2D eigenvalue weighted by Gasteiger charge is -2.36. The van der Waals surface area contributed by atoms with Gasteiger partial charge in [0.15, 0.2) is 11.6 Å². The fraction of sp³-hybridized carbons (Fsp3) is 0.625. The van der Waals surface area contributed by atoms with E-state index in [4.69, 9.17) is 9.47 Å². The van der Waals surface area contributed by atoms with E-state index in [0.717, 1.165) is 25.7 Å².